The molecule has 0 fully saturated rings. The van der Waals surface area contributed by atoms with Crippen molar-refractivity contribution >= 4 is 11.6 Å². The number of carbonyl (C=O) groups is 1. The highest BCUT2D eigenvalue weighted by Crippen LogP contribution is 2.15. The zero-order valence-electron chi connectivity index (χ0n) is 11.8. The lowest BCUT2D eigenvalue weighted by atomic mass is 10.2. The van der Waals surface area contributed by atoms with Gasteiger partial charge in [-0.15, -0.1) is 10.2 Å². The third-order valence-corrected chi connectivity index (χ3v) is 2.98. The van der Waals surface area contributed by atoms with Crippen LogP contribution in [-0.2, 0) is 11.3 Å². The third-order valence-electron chi connectivity index (χ3n) is 2.98. The van der Waals surface area contributed by atoms with Crippen LogP contribution in [0.15, 0.2) is 48.5 Å². The molecule has 8 heteroatoms. The lowest BCUT2D eigenvalue weighted by Crippen LogP contribution is -2.21. The normalized spacial score (nSPS) is 10.5. The average Bonchev–Trinajstić information content (AvgIpc) is 2.99. The maximum Gasteiger partial charge on any atom is 0.248 e. The third kappa shape index (κ3) is 3.54. The molecule has 3 aromatic rings. The smallest absolute Gasteiger partial charge is 0.248 e. The maximum atomic E-state index is 13.5. The van der Waals surface area contributed by atoms with Crippen molar-refractivity contribution in [3.8, 4) is 11.4 Å². The summed E-state index contributed by atoms with van der Waals surface area (Å²) in [6.45, 7) is -0.239. The molecule has 0 atom stereocenters. The minimum absolute atomic E-state index is 0.111. The number of rotatable bonds is 4. The number of nitrogens with one attached hydrogen (secondary N) is 1. The minimum Gasteiger partial charge on any atom is -0.322 e. The molecule has 1 aromatic heterocycles. The van der Waals surface area contributed by atoms with Crippen molar-refractivity contribution in [1.29, 1.82) is 0 Å². The molecule has 0 spiro atoms. The fraction of sp³-hybridized carbons (Fsp3) is 0.0667. The van der Waals surface area contributed by atoms with Gasteiger partial charge in [0.1, 0.15) is 18.2 Å². The van der Waals surface area contributed by atoms with E-state index >= 15 is 0 Å². The molecule has 0 bridgehead atoms. The first-order valence-corrected chi connectivity index (χ1v) is 6.70. The van der Waals surface area contributed by atoms with Crippen LogP contribution in [0.4, 0.5) is 14.5 Å². The van der Waals surface area contributed by atoms with E-state index < -0.39 is 17.5 Å². The van der Waals surface area contributed by atoms with Crippen LogP contribution in [0.1, 0.15) is 0 Å². The number of tetrazole rings is 1. The standard InChI is InChI=1S/C15H11F2N5O/c16-11-6-7-13(12(17)8-11)18-14(23)9-22-20-15(19-21-22)10-4-2-1-3-5-10/h1-8H,9H2,(H,18,23). The van der Waals surface area contributed by atoms with E-state index in [-0.39, 0.29) is 12.2 Å². The molecular formula is C15H11F2N5O. The monoisotopic (exact) mass is 315 g/mol. The van der Waals surface area contributed by atoms with E-state index in [0.29, 0.717) is 11.9 Å². The van der Waals surface area contributed by atoms with E-state index in [9.17, 15) is 13.6 Å². The Morgan fingerprint density at radius 2 is 1.91 bits per heavy atom. The van der Waals surface area contributed by atoms with Gasteiger partial charge in [0.25, 0.3) is 0 Å². The van der Waals surface area contributed by atoms with Gasteiger partial charge in [-0.05, 0) is 17.3 Å². The van der Waals surface area contributed by atoms with Crippen molar-refractivity contribution in [2.45, 2.75) is 6.54 Å². The second-order valence-electron chi connectivity index (χ2n) is 4.68. The van der Waals surface area contributed by atoms with Crippen molar-refractivity contribution in [3.05, 3.63) is 60.2 Å². The molecule has 0 unspecified atom stereocenters. The Morgan fingerprint density at radius 1 is 1.13 bits per heavy atom. The minimum atomic E-state index is -0.852. The summed E-state index contributed by atoms with van der Waals surface area (Å²) in [6.07, 6.45) is 0. The van der Waals surface area contributed by atoms with E-state index in [1.54, 1.807) is 0 Å². The zero-order chi connectivity index (χ0) is 16.2. The molecule has 0 radical (unpaired) electrons. The van der Waals surface area contributed by atoms with Crippen molar-refractivity contribution < 1.29 is 13.6 Å². The predicted molar refractivity (Wildman–Crippen MR) is 78.2 cm³/mol. The Morgan fingerprint density at radius 3 is 2.65 bits per heavy atom. The number of nitrogens with zero attached hydrogens (tertiary/aromatic N) is 4. The number of hydrogen-bond donors (Lipinski definition) is 1. The van der Waals surface area contributed by atoms with E-state index in [0.717, 1.165) is 22.5 Å². The molecule has 0 saturated carbocycles. The first-order valence-electron chi connectivity index (χ1n) is 6.70. The number of amides is 1. The van der Waals surface area contributed by atoms with Gasteiger partial charge < -0.3 is 5.32 Å². The Labute approximate surface area is 129 Å². The lowest BCUT2D eigenvalue weighted by Gasteiger charge is -2.05. The lowest BCUT2D eigenvalue weighted by molar-refractivity contribution is -0.117. The van der Waals surface area contributed by atoms with Crippen LogP contribution in [0.3, 0.4) is 0 Å². The molecule has 1 heterocycles. The Kier molecular flexibility index (Phi) is 4.05. The predicted octanol–water partition coefficient (Wildman–Crippen LogP) is 2.26. The first-order chi connectivity index (χ1) is 11.1. The molecule has 6 nitrogen and oxygen atoms in total. The van der Waals surface area contributed by atoms with E-state index in [2.05, 4.69) is 20.7 Å². The molecule has 116 valence electrons. The van der Waals surface area contributed by atoms with Crippen LogP contribution in [0.25, 0.3) is 11.4 Å². The Balaban J connectivity index is 1.68. The van der Waals surface area contributed by atoms with Crippen LogP contribution < -0.4 is 5.32 Å². The summed E-state index contributed by atoms with van der Waals surface area (Å²) in [4.78, 5) is 13.0. The highest BCUT2D eigenvalue weighted by molar-refractivity contribution is 5.90. The van der Waals surface area contributed by atoms with Gasteiger partial charge in [-0.25, -0.2) is 8.78 Å². The van der Waals surface area contributed by atoms with Gasteiger partial charge in [0, 0.05) is 11.6 Å². The molecule has 3 rings (SSSR count). The second-order valence-corrected chi connectivity index (χ2v) is 4.68. The van der Waals surface area contributed by atoms with Gasteiger partial charge in [-0.1, -0.05) is 30.3 Å². The van der Waals surface area contributed by atoms with Gasteiger partial charge in [-0.2, -0.15) is 4.80 Å². The number of halogens is 2. The summed E-state index contributed by atoms with van der Waals surface area (Å²) in [5, 5.41) is 14.0. The summed E-state index contributed by atoms with van der Waals surface area (Å²) >= 11 is 0. The molecule has 0 aliphatic rings. The van der Waals surface area contributed by atoms with Crippen molar-refractivity contribution in [2.75, 3.05) is 5.32 Å². The number of benzene rings is 2. The molecule has 2 aromatic carbocycles. The SMILES string of the molecule is O=C(Cn1nnc(-c2ccccc2)n1)Nc1ccc(F)cc1F. The fourth-order valence-electron chi connectivity index (χ4n) is 1.92. The Hall–Kier alpha value is -3.16. The quantitative estimate of drug-likeness (QED) is 0.801. The van der Waals surface area contributed by atoms with Gasteiger partial charge in [0.05, 0.1) is 5.69 Å². The summed E-state index contributed by atoms with van der Waals surface area (Å²) in [5.41, 5.74) is 0.656. The highest BCUT2D eigenvalue weighted by atomic mass is 19.1. The summed E-state index contributed by atoms with van der Waals surface area (Å²) in [6, 6.07) is 12.0. The summed E-state index contributed by atoms with van der Waals surface area (Å²) in [7, 11) is 0. The van der Waals surface area contributed by atoms with Crippen LogP contribution in [0, 0.1) is 11.6 Å². The van der Waals surface area contributed by atoms with Crippen molar-refractivity contribution in [1.82, 2.24) is 20.2 Å². The number of aromatic nitrogens is 4. The van der Waals surface area contributed by atoms with Gasteiger partial charge in [0.15, 0.2) is 0 Å². The molecule has 23 heavy (non-hydrogen) atoms. The zero-order valence-corrected chi connectivity index (χ0v) is 11.8. The second kappa shape index (κ2) is 6.30. The van der Waals surface area contributed by atoms with Crippen LogP contribution >= 0.6 is 0 Å². The van der Waals surface area contributed by atoms with Crippen molar-refractivity contribution in [2.24, 2.45) is 0 Å². The van der Waals surface area contributed by atoms with Crippen LogP contribution in [0.5, 0.6) is 0 Å². The summed E-state index contributed by atoms with van der Waals surface area (Å²) in [5.74, 6) is -1.74. The van der Waals surface area contributed by atoms with E-state index in [1.807, 2.05) is 30.3 Å². The first kappa shape index (κ1) is 14.8. The fourth-order valence-corrected chi connectivity index (χ4v) is 1.92. The van der Waals surface area contributed by atoms with Crippen LogP contribution in [0.2, 0.25) is 0 Å². The maximum absolute atomic E-state index is 13.5. The molecule has 0 aliphatic carbocycles. The van der Waals surface area contributed by atoms with Crippen LogP contribution in [-0.4, -0.2) is 26.1 Å². The number of carbonyl (C=O) groups excluding carboxylic acids is 1. The largest absolute Gasteiger partial charge is 0.322 e. The molecule has 1 N–H and O–H groups in total. The molecule has 0 aliphatic heterocycles. The van der Waals surface area contributed by atoms with Crippen molar-refractivity contribution in [3.63, 3.8) is 0 Å². The molecule has 1 amide bonds. The Bertz CT molecular complexity index is 835. The number of anilines is 1. The average molecular weight is 315 g/mol. The van der Waals surface area contributed by atoms with Gasteiger partial charge >= 0.3 is 0 Å². The van der Waals surface area contributed by atoms with E-state index in [4.69, 9.17) is 0 Å². The summed E-state index contributed by atoms with van der Waals surface area (Å²) < 4.78 is 26.3. The van der Waals surface area contributed by atoms with Gasteiger partial charge in [0.2, 0.25) is 11.7 Å². The topological polar surface area (TPSA) is 72.7 Å². The highest BCUT2D eigenvalue weighted by Gasteiger charge is 2.11. The molecule has 0 saturated heterocycles. The molecular weight excluding hydrogens is 304 g/mol. The van der Waals surface area contributed by atoms with E-state index in [1.165, 1.54) is 0 Å². The van der Waals surface area contributed by atoms with Gasteiger partial charge in [-0.3, -0.25) is 4.79 Å². The number of hydrogen-bond acceptors (Lipinski definition) is 4.